The van der Waals surface area contributed by atoms with E-state index in [-0.39, 0.29) is 28.2 Å². The lowest BCUT2D eigenvalue weighted by Gasteiger charge is -2.26. The zero-order valence-corrected chi connectivity index (χ0v) is 21.0. The molecule has 9 nitrogen and oxygen atoms in total. The number of methoxy groups -OCH3 is 1. The van der Waals surface area contributed by atoms with E-state index in [9.17, 15) is 13.2 Å². The van der Waals surface area contributed by atoms with Crippen molar-refractivity contribution in [1.29, 1.82) is 0 Å². The fourth-order valence-corrected chi connectivity index (χ4v) is 5.04. The molecule has 1 aliphatic heterocycles. The number of morpholine rings is 1. The first kappa shape index (κ1) is 25.9. The summed E-state index contributed by atoms with van der Waals surface area (Å²) in [5.41, 5.74) is 0.566. The van der Waals surface area contributed by atoms with E-state index in [0.29, 0.717) is 36.9 Å². The molecular weight excluding hydrogens is 458 g/mol. The number of pyridine rings is 1. The lowest BCUT2D eigenvalue weighted by molar-refractivity contribution is 0.0322. The molecule has 1 fully saturated rings. The number of rotatable bonds is 10. The van der Waals surface area contributed by atoms with Gasteiger partial charge in [0.25, 0.3) is 5.91 Å². The maximum atomic E-state index is 13.4. The number of aromatic nitrogens is 1. The Labute approximate surface area is 201 Å². The highest BCUT2D eigenvalue weighted by molar-refractivity contribution is 7.90. The van der Waals surface area contributed by atoms with Crippen molar-refractivity contribution in [3.63, 3.8) is 0 Å². The summed E-state index contributed by atoms with van der Waals surface area (Å²) in [4.78, 5) is 21.0. The molecule has 0 aliphatic carbocycles. The van der Waals surface area contributed by atoms with E-state index in [0.717, 1.165) is 19.6 Å². The molecule has 0 saturated carbocycles. The molecule has 0 N–H and O–H groups in total. The third kappa shape index (κ3) is 6.68. The van der Waals surface area contributed by atoms with Gasteiger partial charge in [0.1, 0.15) is 18.1 Å². The van der Waals surface area contributed by atoms with Gasteiger partial charge in [0, 0.05) is 38.9 Å². The minimum atomic E-state index is -3.85. The van der Waals surface area contributed by atoms with Crippen LogP contribution in [0.1, 0.15) is 29.8 Å². The second kappa shape index (κ2) is 11.6. The predicted octanol–water partition coefficient (Wildman–Crippen LogP) is 2.26. The molecule has 0 spiro atoms. The Morgan fingerprint density at radius 1 is 1.18 bits per heavy atom. The van der Waals surface area contributed by atoms with Crippen LogP contribution in [0, 0.1) is 0 Å². The summed E-state index contributed by atoms with van der Waals surface area (Å²) in [7, 11) is -0.703. The second-order valence-electron chi connectivity index (χ2n) is 8.46. The van der Waals surface area contributed by atoms with E-state index in [4.69, 9.17) is 14.2 Å². The van der Waals surface area contributed by atoms with E-state index < -0.39 is 9.84 Å². The zero-order valence-electron chi connectivity index (χ0n) is 20.2. The Bertz CT molecular complexity index is 1080. The van der Waals surface area contributed by atoms with Crippen LogP contribution in [0.3, 0.4) is 0 Å². The average molecular weight is 492 g/mol. The van der Waals surface area contributed by atoms with Crippen molar-refractivity contribution in [2.75, 3.05) is 53.6 Å². The number of hydrogen-bond donors (Lipinski definition) is 0. The zero-order chi connectivity index (χ0) is 24.7. The average Bonchev–Trinajstić information content (AvgIpc) is 2.83. The smallest absolute Gasteiger partial charge is 0.255 e. The number of nitrogens with zero attached hydrogens (tertiary/aromatic N) is 3. The van der Waals surface area contributed by atoms with Crippen LogP contribution in [0.5, 0.6) is 11.5 Å². The topological polar surface area (TPSA) is 98.3 Å². The number of amides is 1. The van der Waals surface area contributed by atoms with Crippen molar-refractivity contribution < 1.29 is 27.4 Å². The van der Waals surface area contributed by atoms with Gasteiger partial charge >= 0.3 is 0 Å². The van der Waals surface area contributed by atoms with Crippen LogP contribution in [0.2, 0.25) is 0 Å². The molecule has 10 heteroatoms. The number of ether oxygens (including phenoxy) is 3. The maximum absolute atomic E-state index is 13.4. The third-order valence-corrected chi connectivity index (χ3v) is 7.49. The minimum absolute atomic E-state index is 0.0339. The van der Waals surface area contributed by atoms with Crippen LogP contribution in [0.25, 0.3) is 0 Å². The summed E-state index contributed by atoms with van der Waals surface area (Å²) >= 11 is 0. The van der Waals surface area contributed by atoms with Crippen molar-refractivity contribution in [2.24, 2.45) is 0 Å². The Morgan fingerprint density at radius 2 is 1.91 bits per heavy atom. The predicted molar refractivity (Wildman–Crippen MR) is 128 cm³/mol. The Hall–Kier alpha value is -2.69. The molecule has 2 aromatic rings. The van der Waals surface area contributed by atoms with Gasteiger partial charge in [-0.1, -0.05) is 0 Å². The van der Waals surface area contributed by atoms with Crippen molar-refractivity contribution in [3.05, 3.63) is 47.8 Å². The summed E-state index contributed by atoms with van der Waals surface area (Å²) in [6.07, 6.45) is 2.98. The van der Waals surface area contributed by atoms with Crippen molar-refractivity contribution in [2.45, 2.75) is 30.5 Å². The van der Waals surface area contributed by atoms with E-state index >= 15 is 0 Å². The standard InChI is InChI=1S/C24H33N3O6S/c1-18(2)26(3)24(28)22-14-20(33-12-9-27-7-10-32-11-8-27)5-6-23(22)34(29,30)17-19-13-21(31-4)16-25-15-19/h5-6,13-16,18H,7-12,17H2,1-4H3. The van der Waals surface area contributed by atoms with Gasteiger partial charge in [0.2, 0.25) is 0 Å². The van der Waals surface area contributed by atoms with Gasteiger partial charge in [-0.2, -0.15) is 0 Å². The number of hydrogen-bond acceptors (Lipinski definition) is 8. The Balaban J connectivity index is 1.86. The monoisotopic (exact) mass is 491 g/mol. The molecular formula is C24H33N3O6S. The van der Waals surface area contributed by atoms with E-state index in [1.807, 2.05) is 13.8 Å². The molecule has 1 amide bonds. The quantitative estimate of drug-likeness (QED) is 0.499. The second-order valence-corrected chi connectivity index (χ2v) is 10.4. The first-order valence-electron chi connectivity index (χ1n) is 11.3. The van der Waals surface area contributed by atoms with E-state index in [1.54, 1.807) is 19.2 Å². The number of sulfone groups is 1. The van der Waals surface area contributed by atoms with Crippen molar-refractivity contribution in [1.82, 2.24) is 14.8 Å². The largest absolute Gasteiger partial charge is 0.495 e. The van der Waals surface area contributed by atoms with Crippen molar-refractivity contribution >= 4 is 15.7 Å². The van der Waals surface area contributed by atoms with Gasteiger partial charge in [0.05, 0.1) is 42.7 Å². The number of benzene rings is 1. The fraction of sp³-hybridized carbons (Fsp3) is 0.500. The van der Waals surface area contributed by atoms with Crippen molar-refractivity contribution in [3.8, 4) is 11.5 Å². The Kier molecular flexibility index (Phi) is 8.87. The molecule has 0 bridgehead atoms. The maximum Gasteiger partial charge on any atom is 0.255 e. The summed E-state index contributed by atoms with van der Waals surface area (Å²) in [5.74, 6) is 0.236. The van der Waals surface area contributed by atoms with Crippen LogP contribution in [0.15, 0.2) is 41.6 Å². The molecule has 0 atom stereocenters. The SMILES string of the molecule is COc1cncc(CS(=O)(=O)c2ccc(OCCN3CCOCC3)cc2C(=O)N(C)C(C)C)c1. The molecule has 34 heavy (non-hydrogen) atoms. The summed E-state index contributed by atoms with van der Waals surface area (Å²) in [6, 6.07) is 6.10. The lowest BCUT2D eigenvalue weighted by atomic mass is 10.1. The van der Waals surface area contributed by atoms with Gasteiger partial charge in [-0.15, -0.1) is 0 Å². The fourth-order valence-electron chi connectivity index (χ4n) is 3.53. The molecule has 1 aliphatic rings. The van der Waals surface area contributed by atoms with Gasteiger partial charge in [0.15, 0.2) is 9.84 Å². The number of carbonyl (C=O) groups is 1. The normalized spacial score (nSPS) is 14.7. The van der Waals surface area contributed by atoms with Crippen LogP contribution in [-0.4, -0.2) is 88.8 Å². The van der Waals surface area contributed by atoms with Gasteiger partial charge in [-0.05, 0) is 43.7 Å². The van der Waals surface area contributed by atoms with Crippen LogP contribution in [-0.2, 0) is 20.3 Å². The first-order chi connectivity index (χ1) is 16.2. The summed E-state index contributed by atoms with van der Waals surface area (Å²) in [6.45, 7) is 8.00. The highest BCUT2D eigenvalue weighted by Gasteiger charge is 2.27. The number of carbonyl (C=O) groups excluding carboxylic acids is 1. The molecule has 1 aromatic heterocycles. The third-order valence-electron chi connectivity index (χ3n) is 5.75. The highest BCUT2D eigenvalue weighted by Crippen LogP contribution is 2.27. The molecule has 0 radical (unpaired) electrons. The summed E-state index contributed by atoms with van der Waals surface area (Å²) < 4.78 is 43.1. The molecule has 1 saturated heterocycles. The van der Waals surface area contributed by atoms with Crippen LogP contribution in [0.4, 0.5) is 0 Å². The minimum Gasteiger partial charge on any atom is -0.495 e. The van der Waals surface area contributed by atoms with E-state index in [2.05, 4.69) is 9.88 Å². The first-order valence-corrected chi connectivity index (χ1v) is 12.9. The highest BCUT2D eigenvalue weighted by atomic mass is 32.2. The molecule has 2 heterocycles. The lowest BCUT2D eigenvalue weighted by Crippen LogP contribution is -2.38. The summed E-state index contributed by atoms with van der Waals surface area (Å²) in [5, 5.41) is 0. The van der Waals surface area contributed by atoms with Crippen LogP contribution >= 0.6 is 0 Å². The molecule has 186 valence electrons. The molecule has 0 unspecified atom stereocenters. The van der Waals surface area contributed by atoms with Crippen LogP contribution < -0.4 is 9.47 Å². The van der Waals surface area contributed by atoms with Gasteiger partial charge in [-0.3, -0.25) is 14.7 Å². The molecule has 3 rings (SSSR count). The van der Waals surface area contributed by atoms with E-state index in [1.165, 1.54) is 36.5 Å². The van der Waals surface area contributed by atoms with Gasteiger partial charge < -0.3 is 19.1 Å². The molecule has 1 aromatic carbocycles. The Morgan fingerprint density at radius 3 is 2.59 bits per heavy atom. The van der Waals surface area contributed by atoms with Gasteiger partial charge in [-0.25, -0.2) is 8.42 Å².